The summed E-state index contributed by atoms with van der Waals surface area (Å²) in [5.74, 6) is -1.02. The van der Waals surface area contributed by atoms with E-state index >= 15 is 0 Å². The van der Waals surface area contributed by atoms with Crippen LogP contribution in [-0.4, -0.2) is 18.2 Å². The molecule has 0 saturated carbocycles. The van der Waals surface area contributed by atoms with Crippen molar-refractivity contribution < 1.29 is 19.0 Å². The summed E-state index contributed by atoms with van der Waals surface area (Å²) in [4.78, 5) is 11.9. The lowest BCUT2D eigenvalue weighted by Gasteiger charge is -2.17. The predicted molar refractivity (Wildman–Crippen MR) is 104 cm³/mol. The number of hydrogen-bond donors (Lipinski definition) is 1. The van der Waals surface area contributed by atoms with Crippen molar-refractivity contribution >= 4 is 29.2 Å². The van der Waals surface area contributed by atoms with Gasteiger partial charge in [0.1, 0.15) is 11.9 Å². The summed E-state index contributed by atoms with van der Waals surface area (Å²) >= 11 is 11.9. The van der Waals surface area contributed by atoms with E-state index in [-0.39, 0.29) is 22.0 Å². The van der Waals surface area contributed by atoms with E-state index in [9.17, 15) is 9.18 Å². The molecule has 6 heteroatoms. The maximum atomic E-state index is 13.5. The number of aliphatic hydroxyl groups is 1. The fraction of sp³-hybridized carbons (Fsp3) is 0.421. The van der Waals surface area contributed by atoms with Crippen LogP contribution in [0.1, 0.15) is 52.7 Å². The Hall–Kier alpha value is -1.36. The zero-order chi connectivity index (χ0) is 20.0. The Morgan fingerprint density at radius 1 is 1.28 bits per heavy atom. The second-order valence-electron chi connectivity index (χ2n) is 4.43. The highest BCUT2D eigenvalue weighted by Crippen LogP contribution is 2.34. The van der Waals surface area contributed by atoms with Gasteiger partial charge in [0.15, 0.2) is 0 Å². The second-order valence-corrected chi connectivity index (χ2v) is 5.21. The van der Waals surface area contributed by atoms with Crippen molar-refractivity contribution in [2.24, 2.45) is 0 Å². The molecular weight excluding hydrogens is 366 g/mol. The number of aliphatic hydroxyl groups excluding tert-OH is 1. The van der Waals surface area contributed by atoms with Crippen LogP contribution in [-0.2, 0) is 9.53 Å². The molecule has 0 heterocycles. The molecule has 3 nitrogen and oxygen atoms in total. The van der Waals surface area contributed by atoms with Gasteiger partial charge in [-0.2, -0.15) is 0 Å². The average molecular weight is 393 g/mol. The highest BCUT2D eigenvalue weighted by Gasteiger charge is 2.20. The molecule has 1 aromatic rings. The first-order valence-electron chi connectivity index (χ1n) is 7.96. The Morgan fingerprint density at radius 2 is 1.84 bits per heavy atom. The molecule has 0 aliphatic heterocycles. The van der Waals surface area contributed by atoms with Crippen molar-refractivity contribution in [1.82, 2.24) is 0 Å². The van der Waals surface area contributed by atoms with Gasteiger partial charge in [0, 0.05) is 17.7 Å². The fourth-order valence-corrected chi connectivity index (χ4v) is 2.53. The van der Waals surface area contributed by atoms with E-state index in [4.69, 9.17) is 33.0 Å². The average Bonchev–Trinajstić information content (AvgIpc) is 2.61. The number of ether oxygens (including phenoxy) is 1. The van der Waals surface area contributed by atoms with Crippen molar-refractivity contribution in [3.63, 3.8) is 0 Å². The van der Waals surface area contributed by atoms with Crippen molar-refractivity contribution in [3.8, 4) is 0 Å². The molecule has 1 aromatic carbocycles. The number of halogens is 3. The Labute approximate surface area is 160 Å². The van der Waals surface area contributed by atoms with Gasteiger partial charge < -0.3 is 9.84 Å². The maximum absolute atomic E-state index is 13.5. The van der Waals surface area contributed by atoms with Crippen LogP contribution < -0.4 is 0 Å². The normalized spacial score (nSPS) is 11.8. The monoisotopic (exact) mass is 392 g/mol. The molecule has 142 valence electrons. The van der Waals surface area contributed by atoms with Gasteiger partial charge in [-0.15, -0.1) is 0 Å². The van der Waals surface area contributed by atoms with Gasteiger partial charge in [-0.25, -0.2) is 4.39 Å². The van der Waals surface area contributed by atoms with E-state index in [1.165, 1.54) is 12.1 Å². The lowest BCUT2D eigenvalue weighted by molar-refractivity contribution is -0.147. The van der Waals surface area contributed by atoms with Crippen LogP contribution >= 0.6 is 23.2 Å². The quantitative estimate of drug-likeness (QED) is 0.364. The van der Waals surface area contributed by atoms with Crippen molar-refractivity contribution in [2.45, 2.75) is 47.1 Å². The Morgan fingerprint density at radius 3 is 2.32 bits per heavy atom. The van der Waals surface area contributed by atoms with Crippen LogP contribution in [0.3, 0.4) is 0 Å². The minimum atomic E-state index is -0.725. The number of hydrogen-bond acceptors (Lipinski definition) is 3. The van der Waals surface area contributed by atoms with Crippen molar-refractivity contribution in [3.05, 3.63) is 57.4 Å². The summed E-state index contributed by atoms with van der Waals surface area (Å²) in [6.45, 7) is 9.31. The topological polar surface area (TPSA) is 46.5 Å². The third-order valence-electron chi connectivity index (χ3n) is 2.89. The largest absolute Gasteiger partial charge is 0.457 e. The third-order valence-corrected chi connectivity index (χ3v) is 3.61. The smallest absolute Gasteiger partial charge is 0.310 e. The van der Waals surface area contributed by atoms with Crippen LogP contribution in [0.25, 0.3) is 0 Å². The van der Waals surface area contributed by atoms with Crippen molar-refractivity contribution in [2.75, 3.05) is 7.11 Å². The molecule has 25 heavy (non-hydrogen) atoms. The summed E-state index contributed by atoms with van der Waals surface area (Å²) in [6, 6.07) is 2.56. The third kappa shape index (κ3) is 9.05. The number of carbonyl (C=O) groups is 1. The molecule has 1 atom stereocenters. The molecule has 0 radical (unpaired) electrons. The SMILES string of the molecule is C/C=C\C(=C/C)CC(=O)OC(C)c1c(Cl)ccc(F)c1Cl.CC.CO. The summed E-state index contributed by atoms with van der Waals surface area (Å²) in [7, 11) is 1.00. The van der Waals surface area contributed by atoms with Crippen LogP contribution in [0.2, 0.25) is 10.0 Å². The number of rotatable bonds is 5. The first-order chi connectivity index (χ1) is 11.9. The summed E-state index contributed by atoms with van der Waals surface area (Å²) in [5, 5.41) is 7.14. The van der Waals surface area contributed by atoms with Crippen LogP contribution in [0.5, 0.6) is 0 Å². The number of esters is 1. The molecular formula is C19H27Cl2FO3. The van der Waals surface area contributed by atoms with Crippen LogP contribution in [0.4, 0.5) is 4.39 Å². The maximum Gasteiger partial charge on any atom is 0.310 e. The molecule has 0 saturated heterocycles. The lowest BCUT2D eigenvalue weighted by atomic mass is 10.1. The van der Waals surface area contributed by atoms with E-state index in [0.717, 1.165) is 12.7 Å². The zero-order valence-corrected chi connectivity index (χ0v) is 17.1. The van der Waals surface area contributed by atoms with Gasteiger partial charge in [0.25, 0.3) is 0 Å². The van der Waals surface area contributed by atoms with E-state index in [1.807, 2.05) is 45.9 Å². The second kappa shape index (κ2) is 14.9. The molecule has 0 aliphatic carbocycles. The van der Waals surface area contributed by atoms with E-state index in [1.54, 1.807) is 6.92 Å². The molecule has 0 fully saturated rings. The molecule has 1 unspecified atom stereocenters. The van der Waals surface area contributed by atoms with E-state index < -0.39 is 17.9 Å². The summed E-state index contributed by atoms with van der Waals surface area (Å²) < 4.78 is 18.8. The molecule has 0 aromatic heterocycles. The van der Waals surface area contributed by atoms with Gasteiger partial charge in [-0.05, 0) is 38.5 Å². The summed E-state index contributed by atoms with van der Waals surface area (Å²) in [5.41, 5.74) is 1.12. The first kappa shape index (κ1) is 25.9. The van der Waals surface area contributed by atoms with Gasteiger partial charge in [-0.1, -0.05) is 55.3 Å². The minimum absolute atomic E-state index is 0.123. The highest BCUT2D eigenvalue weighted by molar-refractivity contribution is 6.36. The van der Waals surface area contributed by atoms with Gasteiger partial charge in [0.05, 0.1) is 11.4 Å². The van der Waals surface area contributed by atoms with Crippen LogP contribution in [0.15, 0.2) is 35.9 Å². The molecule has 0 spiro atoms. The molecule has 0 aliphatic rings. The lowest BCUT2D eigenvalue weighted by Crippen LogP contribution is -2.10. The number of allylic oxidation sites excluding steroid dienone is 3. The van der Waals surface area contributed by atoms with Gasteiger partial charge >= 0.3 is 5.97 Å². The van der Waals surface area contributed by atoms with Crippen molar-refractivity contribution in [1.29, 1.82) is 0 Å². The molecule has 1 N–H and O–H groups in total. The zero-order valence-electron chi connectivity index (χ0n) is 15.6. The minimum Gasteiger partial charge on any atom is -0.457 e. The van der Waals surface area contributed by atoms with E-state index in [0.29, 0.717) is 0 Å². The molecule has 0 amide bonds. The predicted octanol–water partition coefficient (Wildman–Crippen LogP) is 6.28. The Bertz CT molecular complexity index is 584. The highest BCUT2D eigenvalue weighted by atomic mass is 35.5. The Balaban J connectivity index is 0. The number of benzene rings is 1. The fourth-order valence-electron chi connectivity index (χ4n) is 1.85. The van der Waals surface area contributed by atoms with E-state index in [2.05, 4.69) is 0 Å². The standard InChI is InChI=1S/C16H17Cl2FO2.C2H6.CH4O/c1-4-6-11(5-2)9-14(20)21-10(3)15-12(17)7-8-13(19)16(15)18;2*1-2/h4-8,10H,9H2,1-3H3;1-2H3;2H,1H3/b6-4-,11-5+;;. The number of carbonyl (C=O) groups excluding carboxylic acids is 1. The van der Waals surface area contributed by atoms with Crippen LogP contribution in [0, 0.1) is 5.82 Å². The summed E-state index contributed by atoms with van der Waals surface area (Å²) in [6.07, 6.45) is 4.90. The first-order valence-corrected chi connectivity index (χ1v) is 8.71. The Kier molecular flexibility index (Phi) is 15.5. The molecule has 1 rings (SSSR count). The van der Waals surface area contributed by atoms with Gasteiger partial charge in [-0.3, -0.25) is 4.79 Å². The van der Waals surface area contributed by atoms with Gasteiger partial charge in [0.2, 0.25) is 0 Å². The molecule has 0 bridgehead atoms.